The average molecular weight is 449 g/mol. The Kier molecular flexibility index (Phi) is 12.0. The van der Waals surface area contributed by atoms with E-state index in [1.165, 1.54) is 0 Å². The topological polar surface area (TPSA) is 188 Å². The van der Waals surface area contributed by atoms with E-state index in [-0.39, 0.29) is 11.7 Å². The molecule has 30 heavy (non-hydrogen) atoms. The number of nitrogens with one attached hydrogen (secondary N) is 3. The van der Waals surface area contributed by atoms with Crippen LogP contribution in [0.3, 0.4) is 0 Å². The second kappa shape index (κ2) is 13.1. The standard InChI is InChI=1S/C18H32N4O7S/c1-5-9(4)14(22-15(25)10(19)7-30)17(27)20-11(6-12(23)24)16(26)21-13(8(2)3)18(28)29/h8-11,13-14,30H,5-7,19H2,1-4H3,(H,20,27)(H,21,26)(H,22,25)(H,23,24)(H,28,29). The van der Waals surface area contributed by atoms with Crippen LogP contribution >= 0.6 is 12.6 Å². The van der Waals surface area contributed by atoms with Crippen molar-refractivity contribution in [2.24, 2.45) is 17.6 Å². The van der Waals surface area contributed by atoms with Crippen LogP contribution < -0.4 is 21.7 Å². The van der Waals surface area contributed by atoms with Gasteiger partial charge in [-0.2, -0.15) is 12.6 Å². The summed E-state index contributed by atoms with van der Waals surface area (Å²) < 4.78 is 0. The zero-order chi connectivity index (χ0) is 23.6. The van der Waals surface area contributed by atoms with Crippen molar-refractivity contribution in [3.63, 3.8) is 0 Å². The van der Waals surface area contributed by atoms with Crippen molar-refractivity contribution >= 4 is 42.3 Å². The Morgan fingerprint density at radius 3 is 1.83 bits per heavy atom. The number of nitrogens with two attached hydrogens (primary N) is 1. The largest absolute Gasteiger partial charge is 0.481 e. The summed E-state index contributed by atoms with van der Waals surface area (Å²) in [5.41, 5.74) is 5.62. The number of hydrogen-bond donors (Lipinski definition) is 7. The quantitative estimate of drug-likeness (QED) is 0.174. The molecule has 11 nitrogen and oxygen atoms in total. The maximum Gasteiger partial charge on any atom is 0.326 e. The van der Waals surface area contributed by atoms with Crippen molar-refractivity contribution in [2.45, 2.75) is 64.7 Å². The molecule has 0 radical (unpaired) electrons. The highest BCUT2D eigenvalue weighted by Gasteiger charge is 2.33. The van der Waals surface area contributed by atoms with Gasteiger partial charge in [-0.1, -0.05) is 34.1 Å². The monoisotopic (exact) mass is 448 g/mol. The molecule has 0 aliphatic heterocycles. The van der Waals surface area contributed by atoms with Crippen LogP contribution in [-0.4, -0.2) is 69.8 Å². The van der Waals surface area contributed by atoms with Gasteiger partial charge in [0.25, 0.3) is 0 Å². The van der Waals surface area contributed by atoms with Gasteiger partial charge in [0.05, 0.1) is 12.5 Å². The summed E-state index contributed by atoms with van der Waals surface area (Å²) >= 11 is 3.94. The molecule has 0 saturated carbocycles. The highest BCUT2D eigenvalue weighted by Crippen LogP contribution is 2.10. The van der Waals surface area contributed by atoms with Gasteiger partial charge in [0, 0.05) is 5.75 Å². The maximum atomic E-state index is 12.8. The number of carboxylic acids is 2. The fourth-order valence-corrected chi connectivity index (χ4v) is 2.62. The molecule has 0 saturated heterocycles. The van der Waals surface area contributed by atoms with E-state index in [0.717, 1.165) is 0 Å². The molecule has 0 fully saturated rings. The summed E-state index contributed by atoms with van der Waals surface area (Å²) in [7, 11) is 0. The Morgan fingerprint density at radius 1 is 0.900 bits per heavy atom. The fourth-order valence-electron chi connectivity index (χ4n) is 2.46. The summed E-state index contributed by atoms with van der Waals surface area (Å²) in [6.07, 6.45) is -0.266. The van der Waals surface area contributed by atoms with Crippen molar-refractivity contribution in [3.05, 3.63) is 0 Å². The number of rotatable bonds is 13. The lowest BCUT2D eigenvalue weighted by atomic mass is 9.97. The van der Waals surface area contributed by atoms with Gasteiger partial charge >= 0.3 is 11.9 Å². The first-order valence-electron chi connectivity index (χ1n) is 9.57. The third kappa shape index (κ3) is 8.99. The predicted octanol–water partition coefficient (Wildman–Crippen LogP) is -1.04. The molecule has 5 unspecified atom stereocenters. The molecular weight excluding hydrogens is 416 g/mol. The molecule has 0 rings (SSSR count). The molecule has 0 heterocycles. The van der Waals surface area contributed by atoms with E-state index in [4.69, 9.17) is 10.8 Å². The van der Waals surface area contributed by atoms with E-state index >= 15 is 0 Å². The zero-order valence-corrected chi connectivity index (χ0v) is 18.4. The van der Waals surface area contributed by atoms with E-state index < -0.39 is 66.2 Å². The minimum Gasteiger partial charge on any atom is -0.481 e. The Morgan fingerprint density at radius 2 is 1.43 bits per heavy atom. The van der Waals surface area contributed by atoms with Gasteiger partial charge in [-0.05, 0) is 11.8 Å². The van der Waals surface area contributed by atoms with Crippen LogP contribution in [0.4, 0.5) is 0 Å². The molecule has 3 amide bonds. The number of thiol groups is 1. The minimum atomic E-state index is -1.53. The van der Waals surface area contributed by atoms with Gasteiger partial charge in [-0.25, -0.2) is 4.79 Å². The lowest BCUT2D eigenvalue weighted by molar-refractivity contribution is -0.144. The van der Waals surface area contributed by atoms with Gasteiger partial charge in [0.1, 0.15) is 18.1 Å². The van der Waals surface area contributed by atoms with Crippen LogP contribution in [0.15, 0.2) is 0 Å². The molecule has 172 valence electrons. The molecule has 12 heteroatoms. The first-order valence-corrected chi connectivity index (χ1v) is 10.2. The molecule has 0 spiro atoms. The molecule has 7 N–H and O–H groups in total. The summed E-state index contributed by atoms with van der Waals surface area (Å²) in [5, 5.41) is 25.4. The van der Waals surface area contributed by atoms with Crippen LogP contribution in [0, 0.1) is 11.8 Å². The first kappa shape index (κ1) is 27.7. The number of hydrogen-bond acceptors (Lipinski definition) is 7. The highest BCUT2D eigenvalue weighted by atomic mass is 32.1. The molecule has 0 bridgehead atoms. The lowest BCUT2D eigenvalue weighted by Gasteiger charge is -2.27. The molecule has 5 atom stereocenters. The van der Waals surface area contributed by atoms with Crippen molar-refractivity contribution in [1.82, 2.24) is 16.0 Å². The van der Waals surface area contributed by atoms with E-state index in [9.17, 15) is 29.1 Å². The van der Waals surface area contributed by atoms with Crippen LogP contribution in [0.2, 0.25) is 0 Å². The Balaban J connectivity index is 5.54. The molecule has 0 aromatic carbocycles. The molecular formula is C18H32N4O7S. The van der Waals surface area contributed by atoms with Crippen molar-refractivity contribution in [2.75, 3.05) is 5.75 Å². The summed E-state index contributed by atoms with van der Waals surface area (Å²) in [5.74, 6) is -5.77. The Labute approximate surface area is 180 Å². The van der Waals surface area contributed by atoms with Crippen molar-refractivity contribution < 1.29 is 34.2 Å². The van der Waals surface area contributed by atoms with Gasteiger partial charge in [-0.15, -0.1) is 0 Å². The number of amides is 3. The minimum absolute atomic E-state index is 0.0521. The number of carbonyl (C=O) groups is 5. The maximum absolute atomic E-state index is 12.8. The van der Waals surface area contributed by atoms with E-state index in [1.807, 2.05) is 0 Å². The normalized spacial score (nSPS) is 16.0. The van der Waals surface area contributed by atoms with Gasteiger partial charge in [0.15, 0.2) is 0 Å². The van der Waals surface area contributed by atoms with E-state index in [2.05, 4.69) is 28.6 Å². The second-order valence-corrected chi connectivity index (χ2v) is 7.75. The van der Waals surface area contributed by atoms with Crippen LogP contribution in [0.25, 0.3) is 0 Å². The summed E-state index contributed by atoms with van der Waals surface area (Å²) in [6.45, 7) is 6.63. The summed E-state index contributed by atoms with van der Waals surface area (Å²) in [4.78, 5) is 59.8. The predicted molar refractivity (Wildman–Crippen MR) is 112 cm³/mol. The average Bonchev–Trinajstić information content (AvgIpc) is 2.66. The Bertz CT molecular complexity index is 644. The van der Waals surface area contributed by atoms with Crippen LogP contribution in [0.1, 0.15) is 40.5 Å². The van der Waals surface area contributed by atoms with Gasteiger partial charge in [0.2, 0.25) is 17.7 Å². The third-order valence-electron chi connectivity index (χ3n) is 4.57. The molecule has 0 aromatic rings. The first-order chi connectivity index (χ1) is 13.8. The molecule has 0 aliphatic rings. The van der Waals surface area contributed by atoms with Crippen LogP contribution in [0.5, 0.6) is 0 Å². The van der Waals surface area contributed by atoms with Gasteiger partial charge in [-0.3, -0.25) is 19.2 Å². The van der Waals surface area contributed by atoms with E-state index in [0.29, 0.717) is 6.42 Å². The fraction of sp³-hybridized carbons (Fsp3) is 0.722. The zero-order valence-electron chi connectivity index (χ0n) is 17.5. The molecule has 0 aromatic heterocycles. The second-order valence-electron chi connectivity index (χ2n) is 7.39. The van der Waals surface area contributed by atoms with Gasteiger partial charge < -0.3 is 31.9 Å². The smallest absolute Gasteiger partial charge is 0.326 e. The van der Waals surface area contributed by atoms with Crippen molar-refractivity contribution in [3.8, 4) is 0 Å². The number of carbonyl (C=O) groups excluding carboxylic acids is 3. The van der Waals surface area contributed by atoms with Crippen LogP contribution in [-0.2, 0) is 24.0 Å². The van der Waals surface area contributed by atoms with E-state index in [1.54, 1.807) is 27.7 Å². The van der Waals surface area contributed by atoms with Crippen molar-refractivity contribution in [1.29, 1.82) is 0 Å². The summed E-state index contributed by atoms with van der Waals surface area (Å²) in [6, 6.07) is -4.81. The SMILES string of the molecule is CCC(C)C(NC(=O)C(N)CS)C(=O)NC(CC(=O)O)C(=O)NC(C(=O)O)C(C)C. The lowest BCUT2D eigenvalue weighted by Crippen LogP contribution is -2.59. The number of carboxylic acid groups (broad SMARTS) is 2. The molecule has 0 aliphatic carbocycles. The number of aliphatic carboxylic acids is 2. The Hall–Kier alpha value is -2.34. The highest BCUT2D eigenvalue weighted by molar-refractivity contribution is 7.80. The third-order valence-corrected chi connectivity index (χ3v) is 4.96.